The van der Waals surface area contributed by atoms with Crippen LogP contribution in [0.4, 0.5) is 0 Å². The van der Waals surface area contributed by atoms with Crippen LogP contribution in [0.15, 0.2) is 72.1 Å². The lowest BCUT2D eigenvalue weighted by Crippen LogP contribution is -2.11. The first-order valence-electron chi connectivity index (χ1n) is 7.88. The lowest BCUT2D eigenvalue weighted by molar-refractivity contribution is 0.0733. The fourth-order valence-electron chi connectivity index (χ4n) is 2.28. The summed E-state index contributed by atoms with van der Waals surface area (Å²) in [6.45, 7) is 0. The van der Waals surface area contributed by atoms with Crippen LogP contribution in [-0.4, -0.2) is 18.9 Å². The average molecular weight is 364 g/mol. The van der Waals surface area contributed by atoms with E-state index in [1.54, 1.807) is 42.5 Å². The van der Waals surface area contributed by atoms with Gasteiger partial charge in [-0.3, -0.25) is 4.79 Å². The molecule has 0 N–H and O–H groups in total. The largest absolute Gasteiger partial charge is 0.497 e. The Hall–Kier alpha value is -3.18. The molecular formula is C21H16O4S. The van der Waals surface area contributed by atoms with Gasteiger partial charge in [-0.1, -0.05) is 24.3 Å². The van der Waals surface area contributed by atoms with E-state index in [2.05, 4.69) is 0 Å². The van der Waals surface area contributed by atoms with Gasteiger partial charge in [0.05, 0.1) is 18.2 Å². The molecule has 2 aromatic carbocycles. The van der Waals surface area contributed by atoms with Gasteiger partial charge >= 0.3 is 5.97 Å². The zero-order valence-electron chi connectivity index (χ0n) is 14.0. The van der Waals surface area contributed by atoms with Crippen LogP contribution in [0.25, 0.3) is 6.08 Å². The van der Waals surface area contributed by atoms with Crippen molar-refractivity contribution < 1.29 is 19.1 Å². The smallest absolute Gasteiger partial charge is 0.343 e. The molecule has 0 fully saturated rings. The molecule has 0 radical (unpaired) electrons. The van der Waals surface area contributed by atoms with Crippen LogP contribution in [-0.2, 0) is 0 Å². The number of ketones is 1. The van der Waals surface area contributed by atoms with E-state index in [-0.39, 0.29) is 11.5 Å². The molecule has 0 saturated heterocycles. The Bertz CT molecular complexity index is 928. The third kappa shape index (κ3) is 4.26. The van der Waals surface area contributed by atoms with Gasteiger partial charge in [-0.15, -0.1) is 11.3 Å². The van der Waals surface area contributed by atoms with Gasteiger partial charge in [0.2, 0.25) is 0 Å². The Morgan fingerprint density at radius 3 is 2.50 bits per heavy atom. The normalized spacial score (nSPS) is 10.7. The quantitative estimate of drug-likeness (QED) is 0.271. The average Bonchev–Trinajstić information content (AvgIpc) is 3.20. The Morgan fingerprint density at radius 2 is 1.81 bits per heavy atom. The molecule has 0 aliphatic carbocycles. The van der Waals surface area contributed by atoms with Gasteiger partial charge in [0.25, 0.3) is 0 Å². The summed E-state index contributed by atoms with van der Waals surface area (Å²) >= 11 is 1.53. The lowest BCUT2D eigenvalue weighted by atomic mass is 10.1. The van der Waals surface area contributed by atoms with Crippen molar-refractivity contribution in [1.29, 1.82) is 0 Å². The minimum absolute atomic E-state index is 0.166. The van der Waals surface area contributed by atoms with Crippen molar-refractivity contribution >= 4 is 29.2 Å². The van der Waals surface area contributed by atoms with E-state index in [1.165, 1.54) is 30.6 Å². The van der Waals surface area contributed by atoms with Gasteiger partial charge in [0.15, 0.2) is 5.78 Å². The number of ether oxygens (including phenoxy) is 2. The minimum Gasteiger partial charge on any atom is -0.497 e. The van der Waals surface area contributed by atoms with Gasteiger partial charge in [-0.2, -0.15) is 0 Å². The van der Waals surface area contributed by atoms with Gasteiger partial charge in [-0.05, 0) is 47.9 Å². The molecule has 1 heterocycles. The monoisotopic (exact) mass is 364 g/mol. The summed E-state index contributed by atoms with van der Waals surface area (Å²) in [6.07, 6.45) is 3.20. The number of carbonyl (C=O) groups excluding carboxylic acids is 2. The van der Waals surface area contributed by atoms with Crippen LogP contribution in [0.1, 0.15) is 25.6 Å². The standard InChI is InChI=1S/C21H16O4S/c1-24-16-9-11-18(19(22)12-10-17-8-5-13-26-17)20(14-16)25-21(23)15-6-3-2-4-7-15/h2-14H,1H3. The second-order valence-corrected chi connectivity index (χ2v) is 6.31. The van der Waals surface area contributed by atoms with Crippen molar-refractivity contribution in [2.75, 3.05) is 7.11 Å². The zero-order chi connectivity index (χ0) is 18.4. The molecular weight excluding hydrogens is 348 g/mol. The maximum Gasteiger partial charge on any atom is 0.343 e. The van der Waals surface area contributed by atoms with Crippen molar-refractivity contribution in [3.05, 3.63) is 88.1 Å². The molecule has 130 valence electrons. The fourth-order valence-corrected chi connectivity index (χ4v) is 2.90. The van der Waals surface area contributed by atoms with E-state index in [4.69, 9.17) is 9.47 Å². The molecule has 0 unspecified atom stereocenters. The summed E-state index contributed by atoms with van der Waals surface area (Å²) in [6, 6.07) is 17.2. The molecule has 5 heteroatoms. The SMILES string of the molecule is COc1ccc(C(=O)C=Cc2cccs2)c(OC(=O)c2ccccc2)c1. The van der Waals surface area contributed by atoms with Crippen molar-refractivity contribution in [2.24, 2.45) is 0 Å². The molecule has 0 aliphatic rings. The molecule has 0 aliphatic heterocycles. The van der Waals surface area contributed by atoms with Gasteiger partial charge in [0.1, 0.15) is 11.5 Å². The highest BCUT2D eigenvalue weighted by atomic mass is 32.1. The van der Waals surface area contributed by atoms with E-state index in [0.29, 0.717) is 16.9 Å². The van der Waals surface area contributed by atoms with Gasteiger partial charge in [0, 0.05) is 10.9 Å². The number of allylic oxidation sites excluding steroid dienone is 1. The van der Waals surface area contributed by atoms with Crippen LogP contribution < -0.4 is 9.47 Å². The number of methoxy groups -OCH3 is 1. The number of carbonyl (C=O) groups is 2. The molecule has 1 aromatic heterocycles. The van der Waals surface area contributed by atoms with E-state index in [1.807, 2.05) is 23.6 Å². The highest BCUT2D eigenvalue weighted by Gasteiger charge is 2.16. The Kier molecular flexibility index (Phi) is 5.61. The van der Waals surface area contributed by atoms with E-state index < -0.39 is 5.97 Å². The third-order valence-electron chi connectivity index (χ3n) is 3.61. The second-order valence-electron chi connectivity index (χ2n) is 5.33. The molecule has 3 rings (SSSR count). The Balaban J connectivity index is 1.88. The number of benzene rings is 2. The second kappa shape index (κ2) is 8.27. The highest BCUT2D eigenvalue weighted by molar-refractivity contribution is 7.10. The van der Waals surface area contributed by atoms with Crippen LogP contribution in [0.3, 0.4) is 0 Å². The molecule has 3 aromatic rings. The number of thiophene rings is 1. The highest BCUT2D eigenvalue weighted by Crippen LogP contribution is 2.27. The first kappa shape index (κ1) is 17.6. The number of hydrogen-bond donors (Lipinski definition) is 0. The van der Waals surface area contributed by atoms with Crippen molar-refractivity contribution in [1.82, 2.24) is 0 Å². The molecule has 0 atom stereocenters. The van der Waals surface area contributed by atoms with Crippen LogP contribution in [0.5, 0.6) is 11.5 Å². The lowest BCUT2D eigenvalue weighted by Gasteiger charge is -2.10. The van der Waals surface area contributed by atoms with Crippen molar-refractivity contribution in [3.63, 3.8) is 0 Å². The van der Waals surface area contributed by atoms with E-state index in [0.717, 1.165) is 4.88 Å². The molecule has 0 amide bonds. The van der Waals surface area contributed by atoms with Gasteiger partial charge in [-0.25, -0.2) is 4.79 Å². The number of esters is 1. The fraction of sp³-hybridized carbons (Fsp3) is 0.0476. The van der Waals surface area contributed by atoms with Crippen molar-refractivity contribution in [2.45, 2.75) is 0 Å². The molecule has 0 saturated carbocycles. The molecule has 0 bridgehead atoms. The summed E-state index contributed by atoms with van der Waals surface area (Å²) in [5, 5.41) is 1.94. The first-order chi connectivity index (χ1) is 12.7. The predicted octanol–water partition coefficient (Wildman–Crippen LogP) is 4.87. The summed E-state index contributed by atoms with van der Waals surface area (Å²) in [7, 11) is 1.51. The summed E-state index contributed by atoms with van der Waals surface area (Å²) in [5.74, 6) is -0.120. The number of hydrogen-bond acceptors (Lipinski definition) is 5. The Morgan fingerprint density at radius 1 is 1.00 bits per heavy atom. The van der Waals surface area contributed by atoms with Crippen LogP contribution >= 0.6 is 11.3 Å². The molecule has 0 spiro atoms. The van der Waals surface area contributed by atoms with Gasteiger partial charge < -0.3 is 9.47 Å². The van der Waals surface area contributed by atoms with Crippen LogP contribution in [0, 0.1) is 0 Å². The van der Waals surface area contributed by atoms with E-state index in [9.17, 15) is 9.59 Å². The van der Waals surface area contributed by atoms with Crippen molar-refractivity contribution in [3.8, 4) is 11.5 Å². The topological polar surface area (TPSA) is 52.6 Å². The third-order valence-corrected chi connectivity index (χ3v) is 4.45. The number of rotatable bonds is 6. The van der Waals surface area contributed by atoms with E-state index >= 15 is 0 Å². The molecule has 26 heavy (non-hydrogen) atoms. The summed E-state index contributed by atoms with van der Waals surface area (Å²) in [4.78, 5) is 25.9. The Labute approximate surface area is 155 Å². The zero-order valence-corrected chi connectivity index (χ0v) is 14.9. The minimum atomic E-state index is -0.532. The molecule has 4 nitrogen and oxygen atoms in total. The summed E-state index contributed by atoms with van der Waals surface area (Å²) in [5.41, 5.74) is 0.700. The summed E-state index contributed by atoms with van der Waals surface area (Å²) < 4.78 is 10.6. The maximum absolute atomic E-state index is 12.6. The predicted molar refractivity (Wildman–Crippen MR) is 102 cm³/mol. The first-order valence-corrected chi connectivity index (χ1v) is 8.76. The maximum atomic E-state index is 12.6. The van der Waals surface area contributed by atoms with Crippen LogP contribution in [0.2, 0.25) is 0 Å².